The Labute approximate surface area is 202 Å². The zero-order valence-corrected chi connectivity index (χ0v) is 20.3. The van der Waals surface area contributed by atoms with Gasteiger partial charge in [-0.3, -0.25) is 9.11 Å². The maximum Gasteiger partial charge on any atom is 0.294 e. The van der Waals surface area contributed by atoms with E-state index in [-0.39, 0.29) is 29.3 Å². The summed E-state index contributed by atoms with van der Waals surface area (Å²) in [6, 6.07) is 13.2. The largest absolute Gasteiger partial charge is 0.353 e. The number of benzene rings is 2. The van der Waals surface area contributed by atoms with Crippen LogP contribution in [0.25, 0.3) is 0 Å². The summed E-state index contributed by atoms with van der Waals surface area (Å²) in [5, 5.41) is 11.8. The average molecular weight is 524 g/mol. The van der Waals surface area contributed by atoms with Crippen LogP contribution in [-0.4, -0.2) is 60.2 Å². The van der Waals surface area contributed by atoms with Crippen LogP contribution in [0.15, 0.2) is 53.4 Å². The number of rotatable bonds is 12. The van der Waals surface area contributed by atoms with E-state index in [1.54, 1.807) is 0 Å². The highest BCUT2D eigenvalue weighted by Gasteiger charge is 2.11. The number of nitrogens with zero attached hydrogens (tertiary/aromatic N) is 3. The number of hydrogen-bond acceptors (Lipinski definition) is 11. The molecular weight excluding hydrogens is 498 g/mol. The van der Waals surface area contributed by atoms with Crippen LogP contribution in [0.5, 0.6) is 0 Å². The molecule has 3 aromatic rings. The molecule has 0 saturated carbocycles. The predicted molar refractivity (Wildman–Crippen MR) is 131 cm³/mol. The van der Waals surface area contributed by atoms with Crippen molar-refractivity contribution in [3.05, 3.63) is 59.7 Å². The van der Waals surface area contributed by atoms with E-state index in [4.69, 9.17) is 9.11 Å². The Hall–Kier alpha value is -3.37. The lowest BCUT2D eigenvalue weighted by Gasteiger charge is -2.12. The van der Waals surface area contributed by atoms with E-state index < -0.39 is 26.0 Å². The van der Waals surface area contributed by atoms with Crippen molar-refractivity contribution in [2.45, 2.75) is 18.0 Å². The molecule has 0 saturated heterocycles. The quantitative estimate of drug-likeness (QED) is 0.187. The van der Waals surface area contributed by atoms with Gasteiger partial charge in [0.2, 0.25) is 17.8 Å². The standard InChI is InChI=1S/C20H25N7O6S2/c1-21-12-14-2-4-15(5-3-14)13-23-19-25-18(22-10-11-34(28,29)30)26-20(27-19)24-16-6-8-17(9-7-16)35(31,32)33/h2-9,21H,10-13H2,1H3,(H,28,29,30)(H,31,32,33)(H3,22,23,24,25,26,27). The average Bonchev–Trinajstić information content (AvgIpc) is 2.78. The van der Waals surface area contributed by atoms with E-state index in [0.717, 1.165) is 17.7 Å². The highest BCUT2D eigenvalue weighted by molar-refractivity contribution is 7.86. The molecule has 0 amide bonds. The molecule has 6 N–H and O–H groups in total. The SMILES string of the molecule is CNCc1ccc(CNc2nc(NCCS(=O)(=O)O)nc(Nc3ccc(S(=O)(=O)O)cc3)n2)cc1. The van der Waals surface area contributed by atoms with Crippen molar-refractivity contribution in [3.63, 3.8) is 0 Å². The van der Waals surface area contributed by atoms with Crippen LogP contribution in [-0.2, 0) is 33.3 Å². The van der Waals surface area contributed by atoms with Crippen LogP contribution in [0.3, 0.4) is 0 Å². The zero-order chi connectivity index (χ0) is 25.5. The Balaban J connectivity index is 1.77. The normalized spacial score (nSPS) is 11.7. The van der Waals surface area contributed by atoms with Gasteiger partial charge < -0.3 is 21.3 Å². The van der Waals surface area contributed by atoms with Crippen LogP contribution in [0, 0.1) is 0 Å². The van der Waals surface area contributed by atoms with Crippen molar-refractivity contribution in [3.8, 4) is 0 Å². The summed E-state index contributed by atoms with van der Waals surface area (Å²) in [6.45, 7) is 1.01. The lowest BCUT2D eigenvalue weighted by atomic mass is 10.1. The molecule has 0 spiro atoms. The molecular formula is C20H25N7O6S2. The molecule has 13 nitrogen and oxygen atoms in total. The van der Waals surface area contributed by atoms with Gasteiger partial charge in [-0.1, -0.05) is 24.3 Å². The van der Waals surface area contributed by atoms with Crippen LogP contribution < -0.4 is 21.3 Å². The van der Waals surface area contributed by atoms with Crippen LogP contribution in [0.4, 0.5) is 23.5 Å². The van der Waals surface area contributed by atoms with E-state index in [9.17, 15) is 16.8 Å². The summed E-state index contributed by atoms with van der Waals surface area (Å²) in [5.41, 5.74) is 2.54. The first-order chi connectivity index (χ1) is 16.5. The molecule has 0 aliphatic rings. The third-order valence-electron chi connectivity index (χ3n) is 4.54. The molecule has 0 aliphatic heterocycles. The summed E-state index contributed by atoms with van der Waals surface area (Å²) in [5.74, 6) is -0.223. The van der Waals surface area contributed by atoms with Gasteiger partial charge in [-0.25, -0.2) is 0 Å². The van der Waals surface area contributed by atoms with Gasteiger partial charge in [-0.2, -0.15) is 31.8 Å². The second-order valence-electron chi connectivity index (χ2n) is 7.34. The van der Waals surface area contributed by atoms with Gasteiger partial charge >= 0.3 is 0 Å². The molecule has 3 rings (SSSR count). The Morgan fingerprint density at radius 2 is 1.29 bits per heavy atom. The third-order valence-corrected chi connectivity index (χ3v) is 6.13. The van der Waals surface area contributed by atoms with E-state index in [1.165, 1.54) is 24.3 Å². The summed E-state index contributed by atoms with van der Waals surface area (Å²) in [7, 11) is -6.63. The monoisotopic (exact) mass is 523 g/mol. The lowest BCUT2D eigenvalue weighted by Crippen LogP contribution is -2.17. The minimum absolute atomic E-state index is 0.0487. The van der Waals surface area contributed by atoms with Crippen molar-refractivity contribution < 1.29 is 25.9 Å². The van der Waals surface area contributed by atoms with Crippen LogP contribution in [0.1, 0.15) is 11.1 Å². The summed E-state index contributed by atoms with van der Waals surface area (Å²) in [4.78, 5) is 12.4. The van der Waals surface area contributed by atoms with Gasteiger partial charge in [0.05, 0.1) is 10.6 Å². The minimum Gasteiger partial charge on any atom is -0.353 e. The maximum atomic E-state index is 11.2. The van der Waals surface area contributed by atoms with Gasteiger partial charge in [-0.05, 0) is 42.4 Å². The second-order valence-corrected chi connectivity index (χ2v) is 10.3. The molecule has 188 valence electrons. The van der Waals surface area contributed by atoms with Gasteiger partial charge in [0.15, 0.2) is 0 Å². The fourth-order valence-corrected chi connectivity index (χ4v) is 3.72. The van der Waals surface area contributed by atoms with E-state index >= 15 is 0 Å². The molecule has 0 aliphatic carbocycles. The molecule has 1 heterocycles. The van der Waals surface area contributed by atoms with E-state index in [0.29, 0.717) is 12.2 Å². The molecule has 0 fully saturated rings. The summed E-state index contributed by atoms with van der Waals surface area (Å²) >= 11 is 0. The Kier molecular flexibility index (Phi) is 8.52. The molecule has 0 bridgehead atoms. The van der Waals surface area contributed by atoms with Crippen molar-refractivity contribution in [1.82, 2.24) is 20.3 Å². The van der Waals surface area contributed by atoms with Gasteiger partial charge in [0, 0.05) is 25.3 Å². The fourth-order valence-electron chi connectivity index (χ4n) is 2.88. The maximum absolute atomic E-state index is 11.2. The van der Waals surface area contributed by atoms with Crippen molar-refractivity contribution in [1.29, 1.82) is 0 Å². The Morgan fingerprint density at radius 1 is 0.743 bits per heavy atom. The van der Waals surface area contributed by atoms with Crippen molar-refractivity contribution in [2.75, 3.05) is 35.3 Å². The molecule has 15 heteroatoms. The highest BCUT2D eigenvalue weighted by atomic mass is 32.2. The molecule has 0 radical (unpaired) electrons. The second kappa shape index (κ2) is 11.4. The molecule has 35 heavy (non-hydrogen) atoms. The van der Waals surface area contributed by atoms with Gasteiger partial charge in [-0.15, -0.1) is 0 Å². The molecule has 0 atom stereocenters. The molecule has 0 unspecified atom stereocenters. The third kappa shape index (κ3) is 8.73. The molecule has 1 aromatic heterocycles. The topological polar surface area (TPSA) is 196 Å². The number of aromatic nitrogens is 3. The first-order valence-corrected chi connectivity index (χ1v) is 13.3. The number of hydrogen-bond donors (Lipinski definition) is 6. The van der Waals surface area contributed by atoms with E-state index in [1.807, 2.05) is 31.3 Å². The van der Waals surface area contributed by atoms with Crippen molar-refractivity contribution in [2.24, 2.45) is 0 Å². The van der Waals surface area contributed by atoms with Gasteiger partial charge in [0.25, 0.3) is 20.2 Å². The van der Waals surface area contributed by atoms with Gasteiger partial charge in [0.1, 0.15) is 0 Å². The zero-order valence-electron chi connectivity index (χ0n) is 18.6. The van der Waals surface area contributed by atoms with Crippen molar-refractivity contribution >= 4 is 43.8 Å². The Morgan fingerprint density at radius 3 is 1.83 bits per heavy atom. The predicted octanol–water partition coefficient (Wildman–Crippen LogP) is 1.49. The minimum atomic E-state index is -4.33. The van der Waals surface area contributed by atoms with Crippen LogP contribution >= 0.6 is 0 Å². The summed E-state index contributed by atoms with van der Waals surface area (Å²) < 4.78 is 62.5. The van der Waals surface area contributed by atoms with E-state index in [2.05, 4.69) is 36.2 Å². The fraction of sp³-hybridized carbons (Fsp3) is 0.250. The number of anilines is 4. The smallest absolute Gasteiger partial charge is 0.294 e. The lowest BCUT2D eigenvalue weighted by molar-refractivity contribution is 0.481. The first-order valence-electron chi connectivity index (χ1n) is 10.3. The summed E-state index contributed by atoms with van der Waals surface area (Å²) in [6.07, 6.45) is 0. The molecule has 2 aromatic carbocycles. The number of nitrogens with one attached hydrogen (secondary N) is 4. The highest BCUT2D eigenvalue weighted by Crippen LogP contribution is 2.19. The van der Waals surface area contributed by atoms with Crippen LogP contribution in [0.2, 0.25) is 0 Å². The first kappa shape index (κ1) is 26.2. The Bertz CT molecular complexity index is 1350.